The van der Waals surface area contributed by atoms with Crippen molar-refractivity contribution in [3.8, 4) is 22.8 Å². The smallest absolute Gasteiger partial charge is 0.329 e. The zero-order valence-electron chi connectivity index (χ0n) is 25.8. The van der Waals surface area contributed by atoms with Crippen LogP contribution in [0.2, 0.25) is 0 Å². The van der Waals surface area contributed by atoms with Crippen molar-refractivity contribution in [3.63, 3.8) is 0 Å². The number of ether oxygens (including phenoxy) is 2. The number of methoxy groups -OCH3 is 1. The Morgan fingerprint density at radius 3 is 2.38 bits per heavy atom. The van der Waals surface area contributed by atoms with Crippen molar-refractivity contribution in [1.29, 1.82) is 0 Å². The summed E-state index contributed by atoms with van der Waals surface area (Å²) in [6.45, 7) is 5.35. The number of carbonyl (C=O) groups is 4. The van der Waals surface area contributed by atoms with Gasteiger partial charge in [0, 0.05) is 29.5 Å². The molecular formula is C33H37BN4O7. The lowest BCUT2D eigenvalue weighted by Gasteiger charge is -2.40. The SMILES string of the molecule is [B]C(=O)NC(C(=O)N1CC(Oc2cc(-c3ccccc3)nc3cc(OC)ccc23)CC1C(=O)NC1(C(=O)O)CCC1)C(C)(C)C. The molecule has 2 aliphatic rings. The van der Waals surface area contributed by atoms with E-state index in [1.54, 1.807) is 33.9 Å². The van der Waals surface area contributed by atoms with E-state index in [2.05, 4.69) is 10.6 Å². The first-order chi connectivity index (χ1) is 21.3. The summed E-state index contributed by atoms with van der Waals surface area (Å²) < 4.78 is 12.0. The number of hydrogen-bond donors (Lipinski definition) is 3. The normalized spacial score (nSPS) is 19.7. The highest BCUT2D eigenvalue weighted by Crippen LogP contribution is 2.36. The fourth-order valence-corrected chi connectivity index (χ4v) is 5.91. The van der Waals surface area contributed by atoms with Crippen LogP contribution in [-0.4, -0.2) is 83.8 Å². The third-order valence-electron chi connectivity index (χ3n) is 8.57. The van der Waals surface area contributed by atoms with E-state index in [1.165, 1.54) is 4.90 Å². The number of pyridine rings is 1. The molecule has 1 saturated carbocycles. The molecule has 0 bridgehead atoms. The zero-order valence-corrected chi connectivity index (χ0v) is 25.8. The first-order valence-corrected chi connectivity index (χ1v) is 14.9. The van der Waals surface area contributed by atoms with Crippen molar-refractivity contribution < 1.29 is 33.8 Å². The molecule has 5 rings (SSSR count). The molecule has 2 heterocycles. The number of carboxylic acids is 1. The number of aliphatic carboxylic acids is 1. The Balaban J connectivity index is 1.51. The van der Waals surface area contributed by atoms with E-state index in [1.807, 2.05) is 48.5 Å². The number of carboxylic acid groups (broad SMARTS) is 1. The molecule has 1 saturated heterocycles. The molecule has 2 radical (unpaired) electrons. The Labute approximate surface area is 263 Å². The second kappa shape index (κ2) is 12.4. The summed E-state index contributed by atoms with van der Waals surface area (Å²) in [5.74, 6) is -1.95. The maximum Gasteiger partial charge on any atom is 0.329 e. The van der Waals surface area contributed by atoms with Crippen LogP contribution in [0.4, 0.5) is 4.79 Å². The third-order valence-corrected chi connectivity index (χ3v) is 8.57. The quantitative estimate of drug-likeness (QED) is 0.310. The van der Waals surface area contributed by atoms with Crippen molar-refractivity contribution in [3.05, 3.63) is 54.6 Å². The summed E-state index contributed by atoms with van der Waals surface area (Å²) >= 11 is 0. The molecule has 1 aliphatic heterocycles. The van der Waals surface area contributed by atoms with Crippen LogP contribution in [0.5, 0.6) is 11.5 Å². The van der Waals surface area contributed by atoms with Gasteiger partial charge >= 0.3 is 5.97 Å². The number of amides is 3. The zero-order chi connectivity index (χ0) is 32.5. The van der Waals surface area contributed by atoms with Crippen LogP contribution in [0.1, 0.15) is 46.5 Å². The molecule has 12 heteroatoms. The largest absolute Gasteiger partial charge is 0.497 e. The van der Waals surface area contributed by atoms with Gasteiger partial charge in [-0.15, -0.1) is 0 Å². The number of nitrogens with zero attached hydrogens (tertiary/aromatic N) is 2. The summed E-state index contributed by atoms with van der Waals surface area (Å²) in [7, 11) is 7.00. The Morgan fingerprint density at radius 1 is 1.09 bits per heavy atom. The van der Waals surface area contributed by atoms with Crippen LogP contribution in [0.15, 0.2) is 54.6 Å². The number of nitrogens with one attached hydrogen (secondary N) is 2. The fourth-order valence-electron chi connectivity index (χ4n) is 5.91. The van der Waals surface area contributed by atoms with Gasteiger partial charge in [0.1, 0.15) is 35.2 Å². The molecule has 3 aromatic rings. The van der Waals surface area contributed by atoms with Crippen LogP contribution < -0.4 is 20.1 Å². The molecule has 1 aliphatic carbocycles. The van der Waals surface area contributed by atoms with Crippen molar-refractivity contribution >= 4 is 42.3 Å². The molecular weight excluding hydrogens is 575 g/mol. The van der Waals surface area contributed by atoms with Crippen molar-refractivity contribution in [2.24, 2.45) is 5.41 Å². The minimum absolute atomic E-state index is 0.0185. The highest BCUT2D eigenvalue weighted by Gasteiger charge is 2.50. The number of rotatable bonds is 9. The van der Waals surface area contributed by atoms with Crippen molar-refractivity contribution in [2.45, 2.75) is 70.2 Å². The first-order valence-electron chi connectivity index (χ1n) is 14.9. The van der Waals surface area contributed by atoms with Gasteiger partial charge in [0.2, 0.25) is 19.7 Å². The number of benzene rings is 2. The number of fused-ring (bicyclic) bond motifs is 1. The average molecular weight is 612 g/mol. The minimum Gasteiger partial charge on any atom is -0.497 e. The molecule has 2 aromatic carbocycles. The maximum absolute atomic E-state index is 14.0. The summed E-state index contributed by atoms with van der Waals surface area (Å²) in [5, 5.41) is 15.8. The number of hydrogen-bond acceptors (Lipinski definition) is 7. The van der Waals surface area contributed by atoms with Gasteiger partial charge in [-0.3, -0.25) is 14.4 Å². The van der Waals surface area contributed by atoms with Crippen LogP contribution in [-0.2, 0) is 14.4 Å². The molecule has 11 nitrogen and oxygen atoms in total. The fraction of sp³-hybridized carbons (Fsp3) is 0.424. The Morgan fingerprint density at radius 2 is 1.80 bits per heavy atom. The highest BCUT2D eigenvalue weighted by molar-refractivity contribution is 6.57. The number of likely N-dealkylation sites (tertiary alicyclic amines) is 1. The topological polar surface area (TPSA) is 147 Å². The molecule has 1 aromatic heterocycles. The lowest BCUT2D eigenvalue weighted by molar-refractivity contribution is -0.153. The predicted molar refractivity (Wildman–Crippen MR) is 168 cm³/mol. The molecule has 0 spiro atoms. The number of carbonyl (C=O) groups excluding carboxylic acids is 3. The van der Waals surface area contributed by atoms with Gasteiger partial charge in [0.15, 0.2) is 5.81 Å². The molecule has 2 fully saturated rings. The average Bonchev–Trinajstić information content (AvgIpc) is 3.40. The second-order valence-corrected chi connectivity index (χ2v) is 12.8. The van der Waals surface area contributed by atoms with Gasteiger partial charge in [-0.25, -0.2) is 9.78 Å². The van der Waals surface area contributed by atoms with Gasteiger partial charge in [-0.2, -0.15) is 0 Å². The van der Waals surface area contributed by atoms with E-state index in [0.717, 1.165) is 5.56 Å². The van der Waals surface area contributed by atoms with Crippen molar-refractivity contribution in [1.82, 2.24) is 20.5 Å². The van der Waals surface area contributed by atoms with E-state index < -0.39 is 52.7 Å². The molecule has 45 heavy (non-hydrogen) atoms. The summed E-state index contributed by atoms with van der Waals surface area (Å²) in [6.07, 6.45) is 0.733. The lowest BCUT2D eigenvalue weighted by atomic mass is 9.76. The van der Waals surface area contributed by atoms with Gasteiger partial charge in [-0.05, 0) is 36.8 Å². The van der Waals surface area contributed by atoms with E-state index in [9.17, 15) is 24.3 Å². The maximum atomic E-state index is 14.0. The molecule has 3 N–H and O–H groups in total. The highest BCUT2D eigenvalue weighted by atomic mass is 16.5. The van der Waals surface area contributed by atoms with Gasteiger partial charge in [-0.1, -0.05) is 51.1 Å². The summed E-state index contributed by atoms with van der Waals surface area (Å²) in [5.41, 5.74) is 0.0615. The Bertz CT molecular complexity index is 1620. The van der Waals surface area contributed by atoms with Crippen LogP contribution in [0, 0.1) is 5.41 Å². The predicted octanol–water partition coefficient (Wildman–Crippen LogP) is 3.68. The van der Waals surface area contributed by atoms with Crippen LogP contribution >= 0.6 is 0 Å². The number of aromatic nitrogens is 1. The van der Waals surface area contributed by atoms with Gasteiger partial charge < -0.3 is 30.1 Å². The van der Waals surface area contributed by atoms with Crippen molar-refractivity contribution in [2.75, 3.05) is 13.7 Å². The van der Waals surface area contributed by atoms with E-state index in [0.29, 0.717) is 47.4 Å². The molecule has 3 unspecified atom stereocenters. The van der Waals surface area contributed by atoms with Gasteiger partial charge in [0.05, 0.1) is 24.9 Å². The Kier molecular flexibility index (Phi) is 8.78. The minimum atomic E-state index is -1.37. The monoisotopic (exact) mass is 612 g/mol. The van der Waals surface area contributed by atoms with E-state index in [-0.39, 0.29) is 13.0 Å². The van der Waals surface area contributed by atoms with Crippen LogP contribution in [0.3, 0.4) is 0 Å². The third kappa shape index (κ3) is 6.60. The first kappa shape index (κ1) is 31.8. The van der Waals surface area contributed by atoms with Crippen LogP contribution in [0.25, 0.3) is 22.2 Å². The molecule has 3 amide bonds. The standard InChI is InChI=1S/C33H37BN4O7/c1-32(2,3)27(36-31(34)43)29(40)38-18-21(16-25(38)28(39)37-33(30(41)42)13-8-14-33)45-26-17-23(19-9-6-5-7-10-19)35-24-15-20(44-4)11-12-22(24)26/h5-7,9-12,15,17,21,25,27H,8,13-14,16,18H2,1-4H3,(H,36,43)(H,37,39)(H,41,42). The molecule has 234 valence electrons. The Hall–Kier alpha value is -4.61. The summed E-state index contributed by atoms with van der Waals surface area (Å²) in [6, 6.07) is 14.8. The second-order valence-electron chi connectivity index (χ2n) is 12.8. The van der Waals surface area contributed by atoms with E-state index >= 15 is 0 Å². The lowest BCUT2D eigenvalue weighted by Crippen LogP contribution is -2.63. The van der Waals surface area contributed by atoms with E-state index in [4.69, 9.17) is 22.3 Å². The summed E-state index contributed by atoms with van der Waals surface area (Å²) in [4.78, 5) is 57.9. The van der Waals surface area contributed by atoms with Gasteiger partial charge in [0.25, 0.3) is 0 Å². The molecule has 3 atom stereocenters.